The summed E-state index contributed by atoms with van der Waals surface area (Å²) >= 11 is 6.00. The number of carbonyl (C=O) groups excluding carboxylic acids is 1. The number of rotatable bonds is 3. The topological polar surface area (TPSA) is 59.2 Å². The third kappa shape index (κ3) is 3.13. The first-order valence-corrected chi connectivity index (χ1v) is 8.13. The molecule has 1 amide bonds. The summed E-state index contributed by atoms with van der Waals surface area (Å²) in [4.78, 5) is 18.3. The van der Waals surface area contributed by atoms with Gasteiger partial charge in [0.15, 0.2) is 0 Å². The molecule has 3 aromatic rings. The lowest BCUT2D eigenvalue weighted by atomic mass is 10.1. The van der Waals surface area contributed by atoms with E-state index in [1.54, 1.807) is 35.2 Å². The number of carbonyl (C=O) groups is 1. The molecule has 0 aliphatic carbocycles. The summed E-state index contributed by atoms with van der Waals surface area (Å²) in [5.74, 6) is 0.0754. The van der Waals surface area contributed by atoms with E-state index in [4.69, 9.17) is 16.1 Å². The van der Waals surface area contributed by atoms with E-state index in [-0.39, 0.29) is 24.1 Å². The molecular formula is C18H13ClFN3O2. The van der Waals surface area contributed by atoms with Gasteiger partial charge in [0.1, 0.15) is 5.82 Å². The van der Waals surface area contributed by atoms with E-state index in [2.05, 4.69) is 10.1 Å². The predicted molar refractivity (Wildman–Crippen MR) is 90.9 cm³/mol. The molecule has 0 saturated carbocycles. The Labute approximate surface area is 148 Å². The summed E-state index contributed by atoms with van der Waals surface area (Å²) in [6.07, 6.45) is 0.275. The van der Waals surface area contributed by atoms with Crippen LogP contribution >= 0.6 is 11.6 Å². The van der Waals surface area contributed by atoms with Gasteiger partial charge in [0.05, 0.1) is 5.92 Å². The zero-order valence-corrected chi connectivity index (χ0v) is 13.8. The summed E-state index contributed by atoms with van der Waals surface area (Å²) < 4.78 is 18.6. The van der Waals surface area contributed by atoms with Crippen molar-refractivity contribution in [2.75, 3.05) is 11.4 Å². The molecule has 25 heavy (non-hydrogen) atoms. The highest BCUT2D eigenvalue weighted by Gasteiger charge is 2.35. The third-order valence-electron chi connectivity index (χ3n) is 4.12. The largest absolute Gasteiger partial charge is 0.339 e. The van der Waals surface area contributed by atoms with Crippen molar-refractivity contribution in [2.45, 2.75) is 12.3 Å². The quantitative estimate of drug-likeness (QED) is 0.709. The third-order valence-corrected chi connectivity index (χ3v) is 4.35. The number of hydrogen-bond donors (Lipinski definition) is 0. The van der Waals surface area contributed by atoms with Gasteiger partial charge in [-0.15, -0.1) is 0 Å². The number of nitrogens with zero attached hydrogens (tertiary/aromatic N) is 3. The fraction of sp³-hybridized carbons (Fsp3) is 0.167. The molecular weight excluding hydrogens is 345 g/mol. The summed E-state index contributed by atoms with van der Waals surface area (Å²) in [6.45, 7) is 0.434. The Hall–Kier alpha value is -2.73. The Morgan fingerprint density at radius 1 is 1.20 bits per heavy atom. The van der Waals surface area contributed by atoms with Gasteiger partial charge in [-0.2, -0.15) is 4.98 Å². The van der Waals surface area contributed by atoms with Gasteiger partial charge in [-0.3, -0.25) is 4.79 Å². The maximum Gasteiger partial charge on any atom is 0.232 e. The van der Waals surface area contributed by atoms with Crippen molar-refractivity contribution in [2.24, 2.45) is 0 Å². The van der Waals surface area contributed by atoms with Crippen LogP contribution in [0.5, 0.6) is 0 Å². The van der Waals surface area contributed by atoms with Crippen molar-refractivity contribution in [3.05, 3.63) is 65.3 Å². The molecule has 1 aliphatic heterocycles. The van der Waals surface area contributed by atoms with Crippen LogP contribution in [0.4, 0.5) is 10.1 Å². The van der Waals surface area contributed by atoms with E-state index >= 15 is 0 Å². The van der Waals surface area contributed by atoms with Crippen LogP contribution in [-0.4, -0.2) is 22.6 Å². The highest BCUT2D eigenvalue weighted by molar-refractivity contribution is 6.30. The Kier molecular flexibility index (Phi) is 3.97. The molecule has 1 aromatic heterocycles. The molecule has 5 nitrogen and oxygen atoms in total. The van der Waals surface area contributed by atoms with Crippen LogP contribution in [0.15, 0.2) is 53.1 Å². The minimum absolute atomic E-state index is 0.0298. The van der Waals surface area contributed by atoms with Crippen LogP contribution < -0.4 is 4.90 Å². The number of anilines is 1. The van der Waals surface area contributed by atoms with Crippen LogP contribution in [0.1, 0.15) is 18.2 Å². The molecule has 2 heterocycles. The fourth-order valence-electron chi connectivity index (χ4n) is 2.91. The summed E-state index contributed by atoms with van der Waals surface area (Å²) in [6, 6.07) is 13.1. The van der Waals surface area contributed by atoms with E-state index in [1.165, 1.54) is 12.1 Å². The summed E-state index contributed by atoms with van der Waals surface area (Å²) in [7, 11) is 0. The van der Waals surface area contributed by atoms with Crippen LogP contribution in [0.3, 0.4) is 0 Å². The molecule has 1 saturated heterocycles. The van der Waals surface area contributed by atoms with Crippen molar-refractivity contribution in [3.63, 3.8) is 0 Å². The smallest absolute Gasteiger partial charge is 0.232 e. The number of hydrogen-bond acceptors (Lipinski definition) is 4. The summed E-state index contributed by atoms with van der Waals surface area (Å²) in [5.41, 5.74) is 1.27. The molecule has 7 heteroatoms. The van der Waals surface area contributed by atoms with Crippen LogP contribution in [0, 0.1) is 5.82 Å². The lowest BCUT2D eigenvalue weighted by molar-refractivity contribution is -0.117. The minimum Gasteiger partial charge on any atom is -0.339 e. The van der Waals surface area contributed by atoms with Gasteiger partial charge in [0.2, 0.25) is 17.6 Å². The van der Waals surface area contributed by atoms with E-state index in [0.717, 1.165) is 5.69 Å². The molecule has 0 bridgehead atoms. The molecule has 0 spiro atoms. The molecule has 0 radical (unpaired) electrons. The number of benzene rings is 2. The average Bonchev–Trinajstić information content (AvgIpc) is 3.21. The second-order valence-corrected chi connectivity index (χ2v) is 6.29. The van der Waals surface area contributed by atoms with Gasteiger partial charge in [-0.05, 0) is 30.3 Å². The first kappa shape index (κ1) is 15.8. The molecule has 1 unspecified atom stereocenters. The number of amides is 1. The van der Waals surface area contributed by atoms with Crippen molar-refractivity contribution < 1.29 is 13.7 Å². The van der Waals surface area contributed by atoms with E-state index in [1.807, 2.05) is 6.07 Å². The molecule has 1 fully saturated rings. The summed E-state index contributed by atoms with van der Waals surface area (Å²) in [5, 5.41) is 4.47. The SMILES string of the molecule is O=C1CC(c2nc(-c3cccc(F)c3)no2)CN1c1cccc(Cl)c1. The number of halogens is 2. The highest BCUT2D eigenvalue weighted by Crippen LogP contribution is 2.32. The maximum absolute atomic E-state index is 13.3. The Bertz CT molecular complexity index is 943. The van der Waals surface area contributed by atoms with E-state index in [0.29, 0.717) is 28.8 Å². The van der Waals surface area contributed by atoms with Gasteiger partial charge >= 0.3 is 0 Å². The first-order valence-electron chi connectivity index (χ1n) is 7.75. The Morgan fingerprint density at radius 2 is 2.04 bits per heavy atom. The zero-order valence-electron chi connectivity index (χ0n) is 13.0. The highest BCUT2D eigenvalue weighted by atomic mass is 35.5. The van der Waals surface area contributed by atoms with Crippen LogP contribution in [0.25, 0.3) is 11.4 Å². The van der Waals surface area contributed by atoms with E-state index in [9.17, 15) is 9.18 Å². The predicted octanol–water partition coefficient (Wildman–Crippen LogP) is 4.05. The Morgan fingerprint density at radius 3 is 2.84 bits per heavy atom. The molecule has 2 aromatic carbocycles. The van der Waals surface area contributed by atoms with Gasteiger partial charge in [-0.25, -0.2) is 4.39 Å². The number of aromatic nitrogens is 2. The van der Waals surface area contributed by atoms with Crippen molar-refractivity contribution >= 4 is 23.2 Å². The van der Waals surface area contributed by atoms with Gasteiger partial charge in [0, 0.05) is 29.2 Å². The van der Waals surface area contributed by atoms with Gasteiger partial charge < -0.3 is 9.42 Å². The van der Waals surface area contributed by atoms with Crippen molar-refractivity contribution in [3.8, 4) is 11.4 Å². The Balaban J connectivity index is 1.57. The first-order chi connectivity index (χ1) is 12.1. The van der Waals surface area contributed by atoms with Crippen molar-refractivity contribution in [1.29, 1.82) is 0 Å². The standard InChI is InChI=1S/C18H13ClFN3O2/c19-13-4-2-6-15(9-13)23-10-12(8-16(23)24)18-21-17(22-25-18)11-3-1-5-14(20)7-11/h1-7,9,12H,8,10H2. The average molecular weight is 358 g/mol. The maximum atomic E-state index is 13.3. The monoisotopic (exact) mass is 357 g/mol. The zero-order chi connectivity index (χ0) is 17.4. The lowest BCUT2D eigenvalue weighted by Crippen LogP contribution is -2.24. The molecule has 4 rings (SSSR count). The second kappa shape index (κ2) is 6.29. The van der Waals surface area contributed by atoms with E-state index < -0.39 is 0 Å². The molecule has 0 N–H and O–H groups in total. The van der Waals surface area contributed by atoms with Gasteiger partial charge in [0.25, 0.3) is 0 Å². The fourth-order valence-corrected chi connectivity index (χ4v) is 3.10. The molecule has 126 valence electrons. The van der Waals surface area contributed by atoms with Crippen LogP contribution in [-0.2, 0) is 4.79 Å². The minimum atomic E-state index is -0.368. The molecule has 1 atom stereocenters. The normalized spacial score (nSPS) is 17.3. The van der Waals surface area contributed by atoms with Crippen LogP contribution in [0.2, 0.25) is 5.02 Å². The van der Waals surface area contributed by atoms with Gasteiger partial charge in [-0.1, -0.05) is 35.0 Å². The second-order valence-electron chi connectivity index (χ2n) is 5.85. The lowest BCUT2D eigenvalue weighted by Gasteiger charge is -2.16. The molecule has 1 aliphatic rings. The van der Waals surface area contributed by atoms with Crippen molar-refractivity contribution in [1.82, 2.24) is 10.1 Å².